The van der Waals surface area contributed by atoms with Crippen LogP contribution in [0.2, 0.25) is 0 Å². The van der Waals surface area contributed by atoms with Gasteiger partial charge in [-0.15, -0.1) is 0 Å². The van der Waals surface area contributed by atoms with Gasteiger partial charge < -0.3 is 14.9 Å². The minimum absolute atomic E-state index is 0.0993. The molecule has 1 aromatic rings. The maximum Gasteiger partial charge on any atom is 0.335 e. The lowest BCUT2D eigenvalue weighted by molar-refractivity contribution is 0.0696. The van der Waals surface area contributed by atoms with Crippen LogP contribution in [0.3, 0.4) is 0 Å². The Balaban J connectivity index is 3.19. The van der Waals surface area contributed by atoms with Gasteiger partial charge in [0.1, 0.15) is 5.75 Å². The molecule has 0 saturated heterocycles. The Morgan fingerprint density at radius 3 is 1.93 bits per heavy atom. The first-order chi connectivity index (χ1) is 7.04. The molecule has 2 N–H and O–H groups in total. The fraction of sp³-hybridized carbons (Fsp3) is 0.100. The standard InChI is InChI=1S/C10H9O5/c1-2-15-8-4-6(9(11)12)3-7(5-8)10(13)14/h3-5H,1-2H2,(H,11,12)(H,13,14). The van der Waals surface area contributed by atoms with E-state index < -0.39 is 11.9 Å². The van der Waals surface area contributed by atoms with Gasteiger partial charge in [-0.25, -0.2) is 9.59 Å². The zero-order valence-electron chi connectivity index (χ0n) is 7.77. The third-order valence-electron chi connectivity index (χ3n) is 1.67. The molecule has 1 rings (SSSR count). The van der Waals surface area contributed by atoms with Gasteiger partial charge in [0, 0.05) is 0 Å². The number of hydrogen-bond donors (Lipinski definition) is 2. The molecule has 0 spiro atoms. The number of carboxylic acids is 2. The maximum absolute atomic E-state index is 10.7. The van der Waals surface area contributed by atoms with E-state index in [-0.39, 0.29) is 23.5 Å². The van der Waals surface area contributed by atoms with Crippen LogP contribution in [0.5, 0.6) is 5.75 Å². The molecule has 79 valence electrons. The Bertz CT molecular complexity index is 365. The van der Waals surface area contributed by atoms with Crippen LogP contribution in [-0.4, -0.2) is 28.8 Å². The summed E-state index contributed by atoms with van der Waals surface area (Å²) in [6, 6.07) is 3.57. The molecular formula is C10H9O5. The molecule has 15 heavy (non-hydrogen) atoms. The van der Waals surface area contributed by atoms with E-state index in [1.807, 2.05) is 0 Å². The Kier molecular flexibility index (Phi) is 3.28. The minimum Gasteiger partial charge on any atom is -0.494 e. The lowest BCUT2D eigenvalue weighted by Crippen LogP contribution is -2.04. The van der Waals surface area contributed by atoms with E-state index in [1.54, 1.807) is 0 Å². The van der Waals surface area contributed by atoms with Crippen molar-refractivity contribution in [3.63, 3.8) is 0 Å². The third kappa shape index (κ3) is 2.70. The number of carbonyl (C=O) groups is 2. The molecule has 0 saturated carbocycles. The molecule has 0 aliphatic carbocycles. The van der Waals surface area contributed by atoms with E-state index >= 15 is 0 Å². The fourth-order valence-electron chi connectivity index (χ4n) is 1.05. The van der Waals surface area contributed by atoms with Crippen molar-refractivity contribution >= 4 is 11.9 Å². The van der Waals surface area contributed by atoms with E-state index in [0.29, 0.717) is 0 Å². The Morgan fingerprint density at radius 2 is 1.60 bits per heavy atom. The molecule has 5 nitrogen and oxygen atoms in total. The van der Waals surface area contributed by atoms with Crippen LogP contribution < -0.4 is 4.74 Å². The summed E-state index contributed by atoms with van der Waals surface area (Å²) in [6.07, 6.45) is 0. The van der Waals surface area contributed by atoms with E-state index in [9.17, 15) is 9.59 Å². The summed E-state index contributed by atoms with van der Waals surface area (Å²) in [5.74, 6) is -2.22. The van der Waals surface area contributed by atoms with E-state index in [1.165, 1.54) is 12.1 Å². The van der Waals surface area contributed by atoms with Crippen molar-refractivity contribution in [2.45, 2.75) is 0 Å². The van der Waals surface area contributed by atoms with Gasteiger partial charge in [0.25, 0.3) is 0 Å². The molecule has 0 aliphatic heterocycles. The summed E-state index contributed by atoms with van der Waals surface area (Å²) in [4.78, 5) is 21.3. The second-order valence-electron chi connectivity index (χ2n) is 2.70. The molecule has 0 heterocycles. The molecule has 0 fully saturated rings. The average molecular weight is 209 g/mol. The van der Waals surface area contributed by atoms with Gasteiger partial charge in [-0.2, -0.15) is 0 Å². The van der Waals surface area contributed by atoms with Crippen molar-refractivity contribution in [3.8, 4) is 5.75 Å². The molecule has 0 aromatic heterocycles. The lowest BCUT2D eigenvalue weighted by atomic mass is 10.1. The van der Waals surface area contributed by atoms with Crippen molar-refractivity contribution in [3.05, 3.63) is 36.2 Å². The van der Waals surface area contributed by atoms with Crippen molar-refractivity contribution in [1.29, 1.82) is 0 Å². The summed E-state index contributed by atoms with van der Waals surface area (Å²) >= 11 is 0. The maximum atomic E-state index is 10.7. The molecule has 0 atom stereocenters. The van der Waals surface area contributed by atoms with E-state index in [4.69, 9.17) is 14.9 Å². The highest BCUT2D eigenvalue weighted by atomic mass is 16.5. The van der Waals surface area contributed by atoms with Gasteiger partial charge in [0.15, 0.2) is 0 Å². The predicted molar refractivity (Wildman–Crippen MR) is 51.2 cm³/mol. The normalized spacial score (nSPS) is 9.67. The van der Waals surface area contributed by atoms with Gasteiger partial charge in [-0.3, -0.25) is 0 Å². The largest absolute Gasteiger partial charge is 0.494 e. The van der Waals surface area contributed by atoms with Gasteiger partial charge >= 0.3 is 11.9 Å². The first-order valence-electron chi connectivity index (χ1n) is 4.08. The zero-order chi connectivity index (χ0) is 11.4. The highest BCUT2D eigenvalue weighted by molar-refractivity contribution is 5.94. The van der Waals surface area contributed by atoms with E-state index in [0.717, 1.165) is 6.07 Å². The van der Waals surface area contributed by atoms with Crippen molar-refractivity contribution in [2.75, 3.05) is 6.61 Å². The summed E-state index contributed by atoms with van der Waals surface area (Å²) in [6.45, 7) is 3.51. The number of carboxylic acid groups (broad SMARTS) is 2. The SMILES string of the molecule is [CH2]COc1cc(C(=O)O)cc(C(=O)O)c1. The van der Waals surface area contributed by atoms with Crippen LogP contribution >= 0.6 is 0 Å². The van der Waals surface area contributed by atoms with Crippen LogP contribution in [0.25, 0.3) is 0 Å². The number of hydrogen-bond acceptors (Lipinski definition) is 3. The molecule has 0 bridgehead atoms. The summed E-state index contributed by atoms with van der Waals surface area (Å²) < 4.78 is 4.95. The first kappa shape index (κ1) is 11.0. The molecule has 0 unspecified atom stereocenters. The van der Waals surface area contributed by atoms with Crippen molar-refractivity contribution in [1.82, 2.24) is 0 Å². The Morgan fingerprint density at radius 1 is 1.13 bits per heavy atom. The first-order valence-corrected chi connectivity index (χ1v) is 4.08. The minimum atomic E-state index is -1.20. The predicted octanol–water partition coefficient (Wildman–Crippen LogP) is 1.30. The van der Waals surface area contributed by atoms with Gasteiger partial charge in [-0.1, -0.05) is 0 Å². The molecular weight excluding hydrogens is 200 g/mol. The number of benzene rings is 1. The van der Waals surface area contributed by atoms with Crippen molar-refractivity contribution in [2.24, 2.45) is 0 Å². The molecule has 1 radical (unpaired) electrons. The molecule has 0 amide bonds. The summed E-state index contributed by atoms with van der Waals surface area (Å²) in [7, 11) is 0. The fourth-order valence-corrected chi connectivity index (χ4v) is 1.05. The Hall–Kier alpha value is -2.04. The Labute approximate surface area is 85.9 Å². The van der Waals surface area contributed by atoms with Crippen LogP contribution in [0.1, 0.15) is 20.7 Å². The van der Waals surface area contributed by atoms with Crippen molar-refractivity contribution < 1.29 is 24.5 Å². The summed E-state index contributed by atoms with van der Waals surface area (Å²) in [5.41, 5.74) is -0.253. The lowest BCUT2D eigenvalue weighted by Gasteiger charge is -2.05. The van der Waals surface area contributed by atoms with Crippen LogP contribution in [-0.2, 0) is 0 Å². The average Bonchev–Trinajstić information content (AvgIpc) is 2.17. The van der Waals surface area contributed by atoms with Gasteiger partial charge in [0.2, 0.25) is 0 Å². The topological polar surface area (TPSA) is 83.8 Å². The smallest absolute Gasteiger partial charge is 0.335 e. The number of rotatable bonds is 4. The highest BCUT2D eigenvalue weighted by Crippen LogP contribution is 2.17. The quantitative estimate of drug-likeness (QED) is 0.780. The third-order valence-corrected chi connectivity index (χ3v) is 1.67. The monoisotopic (exact) mass is 209 g/mol. The van der Waals surface area contributed by atoms with Gasteiger partial charge in [-0.05, 0) is 25.1 Å². The van der Waals surface area contributed by atoms with Crippen LogP contribution in [0, 0.1) is 6.92 Å². The number of ether oxygens (including phenoxy) is 1. The van der Waals surface area contributed by atoms with Gasteiger partial charge in [0.05, 0.1) is 17.7 Å². The highest BCUT2D eigenvalue weighted by Gasteiger charge is 2.11. The second kappa shape index (κ2) is 4.45. The van der Waals surface area contributed by atoms with Crippen LogP contribution in [0.4, 0.5) is 0 Å². The molecule has 5 heteroatoms. The zero-order valence-corrected chi connectivity index (χ0v) is 7.77. The number of aromatic carboxylic acids is 2. The summed E-state index contributed by atoms with van der Waals surface area (Å²) in [5, 5.41) is 17.4. The van der Waals surface area contributed by atoms with Crippen LogP contribution in [0.15, 0.2) is 18.2 Å². The van der Waals surface area contributed by atoms with E-state index in [2.05, 4.69) is 6.92 Å². The second-order valence-corrected chi connectivity index (χ2v) is 2.70. The molecule has 0 aliphatic rings. The molecule has 1 aromatic carbocycles.